The van der Waals surface area contributed by atoms with Crippen molar-refractivity contribution in [3.63, 3.8) is 0 Å². The van der Waals surface area contributed by atoms with Crippen LogP contribution >= 0.6 is 11.3 Å². The first-order valence-corrected chi connectivity index (χ1v) is 7.60. The molecule has 0 radical (unpaired) electrons. The van der Waals surface area contributed by atoms with E-state index in [1.807, 2.05) is 13.8 Å². The maximum Gasteiger partial charge on any atom is 0.416 e. The van der Waals surface area contributed by atoms with Crippen molar-refractivity contribution >= 4 is 11.3 Å². The molecule has 120 valence electrons. The van der Waals surface area contributed by atoms with Gasteiger partial charge in [-0.3, -0.25) is 0 Å². The van der Waals surface area contributed by atoms with Gasteiger partial charge in [0, 0.05) is 23.7 Å². The van der Waals surface area contributed by atoms with E-state index in [0.717, 1.165) is 22.0 Å². The Morgan fingerprint density at radius 2 is 2.09 bits per heavy atom. The SMILES string of the molecule is Cc1ncc(C(C)NCC(O)c2cccc(C(F)(F)F)c2)s1. The van der Waals surface area contributed by atoms with Gasteiger partial charge in [-0.1, -0.05) is 12.1 Å². The average Bonchev–Trinajstić information content (AvgIpc) is 2.90. The lowest BCUT2D eigenvalue weighted by Crippen LogP contribution is -2.24. The average molecular weight is 330 g/mol. The van der Waals surface area contributed by atoms with E-state index in [1.54, 1.807) is 17.5 Å². The first-order chi connectivity index (χ1) is 10.3. The Labute approximate surface area is 130 Å². The Morgan fingerprint density at radius 3 is 2.68 bits per heavy atom. The van der Waals surface area contributed by atoms with Crippen LogP contribution in [0.4, 0.5) is 13.2 Å². The Hall–Kier alpha value is -1.44. The largest absolute Gasteiger partial charge is 0.416 e. The fourth-order valence-electron chi connectivity index (χ4n) is 2.01. The highest BCUT2D eigenvalue weighted by atomic mass is 32.1. The van der Waals surface area contributed by atoms with Gasteiger partial charge in [0.25, 0.3) is 0 Å². The van der Waals surface area contributed by atoms with Crippen molar-refractivity contribution in [3.8, 4) is 0 Å². The number of benzene rings is 1. The minimum Gasteiger partial charge on any atom is -0.387 e. The summed E-state index contributed by atoms with van der Waals surface area (Å²) in [5, 5.41) is 14.1. The Kier molecular flexibility index (Phi) is 5.20. The molecule has 2 unspecified atom stereocenters. The van der Waals surface area contributed by atoms with Crippen molar-refractivity contribution < 1.29 is 18.3 Å². The van der Waals surface area contributed by atoms with E-state index in [9.17, 15) is 18.3 Å². The van der Waals surface area contributed by atoms with Gasteiger partial charge in [0.05, 0.1) is 16.7 Å². The second-order valence-electron chi connectivity index (χ2n) is 5.05. The molecule has 1 aromatic heterocycles. The molecular formula is C15H17F3N2OS. The van der Waals surface area contributed by atoms with Gasteiger partial charge in [0.2, 0.25) is 0 Å². The van der Waals surface area contributed by atoms with Crippen molar-refractivity contribution in [2.45, 2.75) is 32.2 Å². The van der Waals surface area contributed by atoms with Crippen LogP contribution < -0.4 is 5.32 Å². The van der Waals surface area contributed by atoms with Gasteiger partial charge in [-0.2, -0.15) is 13.2 Å². The number of aliphatic hydroxyl groups is 1. The molecule has 2 aromatic rings. The molecule has 3 nitrogen and oxygen atoms in total. The molecule has 22 heavy (non-hydrogen) atoms. The number of nitrogens with zero attached hydrogens (tertiary/aromatic N) is 1. The van der Waals surface area contributed by atoms with Crippen LogP contribution in [0.1, 0.15) is 40.1 Å². The van der Waals surface area contributed by atoms with Crippen molar-refractivity contribution in [2.75, 3.05) is 6.54 Å². The fourth-order valence-corrected chi connectivity index (χ4v) is 2.82. The second-order valence-corrected chi connectivity index (χ2v) is 6.32. The summed E-state index contributed by atoms with van der Waals surface area (Å²) < 4.78 is 38.0. The smallest absolute Gasteiger partial charge is 0.387 e. The number of thiazole rings is 1. The lowest BCUT2D eigenvalue weighted by atomic mass is 10.1. The number of alkyl halides is 3. The summed E-state index contributed by atoms with van der Waals surface area (Å²) in [6.45, 7) is 3.99. The summed E-state index contributed by atoms with van der Waals surface area (Å²) in [5.74, 6) is 0. The van der Waals surface area contributed by atoms with E-state index < -0.39 is 17.8 Å². The Bertz CT molecular complexity index is 627. The van der Waals surface area contributed by atoms with E-state index >= 15 is 0 Å². The van der Waals surface area contributed by atoms with Gasteiger partial charge >= 0.3 is 6.18 Å². The molecular weight excluding hydrogens is 313 g/mol. The first-order valence-electron chi connectivity index (χ1n) is 6.78. The summed E-state index contributed by atoms with van der Waals surface area (Å²) in [6.07, 6.45) is -3.65. The number of aromatic nitrogens is 1. The number of halogens is 3. The number of nitrogens with one attached hydrogen (secondary N) is 1. The van der Waals surface area contributed by atoms with E-state index in [-0.39, 0.29) is 18.2 Å². The molecule has 0 bridgehead atoms. The van der Waals surface area contributed by atoms with Crippen molar-refractivity contribution in [2.24, 2.45) is 0 Å². The summed E-state index contributed by atoms with van der Waals surface area (Å²) in [4.78, 5) is 5.17. The van der Waals surface area contributed by atoms with E-state index in [4.69, 9.17) is 0 Å². The molecule has 2 atom stereocenters. The van der Waals surface area contributed by atoms with Gasteiger partial charge in [0.15, 0.2) is 0 Å². The molecule has 0 saturated carbocycles. The molecule has 2 N–H and O–H groups in total. The molecule has 0 spiro atoms. The predicted molar refractivity (Wildman–Crippen MR) is 79.7 cm³/mol. The molecule has 0 aliphatic rings. The highest BCUT2D eigenvalue weighted by molar-refractivity contribution is 7.11. The fraction of sp³-hybridized carbons (Fsp3) is 0.400. The van der Waals surface area contributed by atoms with E-state index in [1.165, 1.54) is 12.1 Å². The number of hydrogen-bond donors (Lipinski definition) is 2. The second kappa shape index (κ2) is 6.76. The quantitative estimate of drug-likeness (QED) is 0.875. The number of aryl methyl sites for hydroxylation is 1. The highest BCUT2D eigenvalue weighted by Gasteiger charge is 2.30. The predicted octanol–water partition coefficient (Wildman–Crippen LogP) is 3.85. The zero-order valence-electron chi connectivity index (χ0n) is 12.2. The first kappa shape index (κ1) is 16.9. The van der Waals surface area contributed by atoms with Crippen LogP contribution in [-0.2, 0) is 6.18 Å². The maximum absolute atomic E-state index is 12.7. The third-order valence-corrected chi connectivity index (χ3v) is 4.38. The molecule has 0 amide bonds. The topological polar surface area (TPSA) is 45.2 Å². The maximum atomic E-state index is 12.7. The van der Waals surface area contributed by atoms with Crippen LogP contribution in [-0.4, -0.2) is 16.6 Å². The van der Waals surface area contributed by atoms with Gasteiger partial charge in [-0.05, 0) is 31.5 Å². The van der Waals surface area contributed by atoms with Crippen LogP contribution in [0.5, 0.6) is 0 Å². The number of hydrogen-bond acceptors (Lipinski definition) is 4. The lowest BCUT2D eigenvalue weighted by molar-refractivity contribution is -0.137. The van der Waals surface area contributed by atoms with Gasteiger partial charge < -0.3 is 10.4 Å². The standard InChI is InChI=1S/C15H17F3N2OS/c1-9(14-8-20-10(2)22-14)19-7-13(21)11-4-3-5-12(6-11)15(16,17)18/h3-6,8-9,13,19,21H,7H2,1-2H3. The summed E-state index contributed by atoms with van der Waals surface area (Å²) in [6, 6.07) is 4.74. The molecule has 7 heteroatoms. The molecule has 1 aromatic carbocycles. The lowest BCUT2D eigenvalue weighted by Gasteiger charge is -2.17. The normalized spacial score (nSPS) is 14.8. The van der Waals surface area contributed by atoms with Crippen LogP contribution in [0.15, 0.2) is 30.5 Å². The minimum absolute atomic E-state index is 0.0216. The van der Waals surface area contributed by atoms with Crippen molar-refractivity contribution in [1.29, 1.82) is 0 Å². The zero-order valence-corrected chi connectivity index (χ0v) is 13.0. The summed E-state index contributed by atoms with van der Waals surface area (Å²) >= 11 is 1.55. The number of aliphatic hydroxyl groups excluding tert-OH is 1. The third-order valence-electron chi connectivity index (χ3n) is 3.28. The van der Waals surface area contributed by atoms with Crippen LogP contribution in [0.2, 0.25) is 0 Å². The van der Waals surface area contributed by atoms with Crippen LogP contribution in [0.3, 0.4) is 0 Å². The third kappa shape index (κ3) is 4.28. The Morgan fingerprint density at radius 1 is 1.36 bits per heavy atom. The van der Waals surface area contributed by atoms with Crippen molar-refractivity contribution in [3.05, 3.63) is 51.5 Å². The molecule has 0 aliphatic carbocycles. The molecule has 1 heterocycles. The van der Waals surface area contributed by atoms with Crippen LogP contribution in [0, 0.1) is 6.92 Å². The summed E-state index contributed by atoms with van der Waals surface area (Å²) in [7, 11) is 0. The Balaban J connectivity index is 1.99. The molecule has 0 fully saturated rings. The highest BCUT2D eigenvalue weighted by Crippen LogP contribution is 2.30. The number of rotatable bonds is 5. The monoisotopic (exact) mass is 330 g/mol. The molecule has 0 saturated heterocycles. The minimum atomic E-state index is -4.41. The summed E-state index contributed by atoms with van der Waals surface area (Å²) in [5.41, 5.74) is -0.509. The van der Waals surface area contributed by atoms with Gasteiger partial charge in [0.1, 0.15) is 0 Å². The van der Waals surface area contributed by atoms with Crippen LogP contribution in [0.25, 0.3) is 0 Å². The van der Waals surface area contributed by atoms with Gasteiger partial charge in [-0.25, -0.2) is 4.98 Å². The molecule has 2 rings (SSSR count). The van der Waals surface area contributed by atoms with E-state index in [0.29, 0.717) is 0 Å². The van der Waals surface area contributed by atoms with Crippen molar-refractivity contribution in [1.82, 2.24) is 10.3 Å². The van der Waals surface area contributed by atoms with Gasteiger partial charge in [-0.15, -0.1) is 11.3 Å². The zero-order chi connectivity index (χ0) is 16.3. The molecule has 0 aliphatic heterocycles. The van der Waals surface area contributed by atoms with E-state index in [2.05, 4.69) is 10.3 Å².